The Morgan fingerprint density at radius 3 is 1.83 bits per heavy atom. The highest BCUT2D eigenvalue weighted by Crippen LogP contribution is 2.34. The first kappa shape index (κ1) is 18.5. The maximum Gasteiger partial charge on any atom is 0.162 e. The molecule has 0 unspecified atom stereocenters. The Morgan fingerprint density at radius 2 is 1.33 bits per heavy atom. The van der Waals surface area contributed by atoms with Crippen molar-refractivity contribution in [2.45, 2.75) is 51.9 Å². The monoisotopic (exact) mass is 338 g/mol. The van der Waals surface area contributed by atoms with E-state index in [1.165, 1.54) is 24.3 Å². The summed E-state index contributed by atoms with van der Waals surface area (Å²) in [5.41, 5.74) is -0.810. The Balaban J connectivity index is 2.45. The zero-order chi connectivity index (χ0) is 18.3. The summed E-state index contributed by atoms with van der Waals surface area (Å²) < 4.78 is 56.4. The predicted molar refractivity (Wildman–Crippen MR) is 88.1 cm³/mol. The standard InChI is InChI=1S/C20H22F4/c1-19(2,3)12-9-16(22)13(17(23)10-12)11-20(4,5)14-7-6-8-15(21)18(14)24/h6-10H,11H2,1-5H3. The van der Waals surface area contributed by atoms with E-state index in [9.17, 15) is 17.6 Å². The molecule has 2 aromatic rings. The highest BCUT2D eigenvalue weighted by atomic mass is 19.2. The minimum atomic E-state index is -0.977. The quantitative estimate of drug-likeness (QED) is 0.597. The van der Waals surface area contributed by atoms with Crippen molar-refractivity contribution in [3.05, 3.63) is 70.3 Å². The van der Waals surface area contributed by atoms with Crippen molar-refractivity contribution in [1.29, 1.82) is 0 Å². The third kappa shape index (κ3) is 3.63. The third-order valence-electron chi connectivity index (χ3n) is 4.31. The molecule has 0 saturated heterocycles. The molecule has 0 amide bonds. The maximum absolute atomic E-state index is 14.5. The second kappa shape index (κ2) is 6.23. The second-order valence-corrected chi connectivity index (χ2v) is 7.83. The Hall–Kier alpha value is -1.84. The summed E-state index contributed by atoms with van der Waals surface area (Å²) in [7, 11) is 0. The zero-order valence-corrected chi connectivity index (χ0v) is 14.6. The van der Waals surface area contributed by atoms with E-state index in [4.69, 9.17) is 0 Å². The largest absolute Gasteiger partial charge is 0.207 e. The highest BCUT2D eigenvalue weighted by molar-refractivity contribution is 5.34. The first-order valence-electron chi connectivity index (χ1n) is 7.86. The number of halogens is 4. The Bertz CT molecular complexity index is 732. The number of hydrogen-bond acceptors (Lipinski definition) is 0. The fourth-order valence-corrected chi connectivity index (χ4v) is 2.77. The van der Waals surface area contributed by atoms with Crippen LogP contribution in [0.3, 0.4) is 0 Å². The second-order valence-electron chi connectivity index (χ2n) is 7.83. The smallest absolute Gasteiger partial charge is 0.162 e. The van der Waals surface area contributed by atoms with Gasteiger partial charge in [0.05, 0.1) is 0 Å². The van der Waals surface area contributed by atoms with E-state index < -0.39 is 28.7 Å². The van der Waals surface area contributed by atoms with Crippen LogP contribution in [0.4, 0.5) is 17.6 Å². The van der Waals surface area contributed by atoms with Gasteiger partial charge in [0.2, 0.25) is 0 Å². The minimum Gasteiger partial charge on any atom is -0.207 e. The van der Waals surface area contributed by atoms with Gasteiger partial charge in [-0.25, -0.2) is 17.6 Å². The fraction of sp³-hybridized carbons (Fsp3) is 0.400. The van der Waals surface area contributed by atoms with Crippen LogP contribution >= 0.6 is 0 Å². The molecule has 0 spiro atoms. The topological polar surface area (TPSA) is 0 Å². The number of hydrogen-bond donors (Lipinski definition) is 0. The average molecular weight is 338 g/mol. The first-order chi connectivity index (χ1) is 10.9. The molecule has 0 nitrogen and oxygen atoms in total. The SMILES string of the molecule is CC(C)(C)c1cc(F)c(CC(C)(C)c2cccc(F)c2F)c(F)c1. The molecular weight excluding hydrogens is 316 g/mol. The molecule has 0 radical (unpaired) electrons. The van der Waals surface area contributed by atoms with Crippen LogP contribution in [0.15, 0.2) is 30.3 Å². The van der Waals surface area contributed by atoms with Crippen molar-refractivity contribution in [3.63, 3.8) is 0 Å². The first-order valence-corrected chi connectivity index (χ1v) is 7.86. The summed E-state index contributed by atoms with van der Waals surface area (Å²) in [6.45, 7) is 8.88. The van der Waals surface area contributed by atoms with Crippen LogP contribution in [0.25, 0.3) is 0 Å². The van der Waals surface area contributed by atoms with Gasteiger partial charge in [-0.1, -0.05) is 46.8 Å². The molecule has 0 bridgehead atoms. The minimum absolute atomic E-state index is 0.0739. The van der Waals surface area contributed by atoms with Gasteiger partial charge in [0.25, 0.3) is 0 Å². The van der Waals surface area contributed by atoms with Gasteiger partial charge in [0.1, 0.15) is 11.6 Å². The van der Waals surface area contributed by atoms with Gasteiger partial charge < -0.3 is 0 Å². The molecule has 0 aliphatic rings. The predicted octanol–water partition coefficient (Wildman–Crippen LogP) is 6.06. The van der Waals surface area contributed by atoms with Gasteiger partial charge >= 0.3 is 0 Å². The lowest BCUT2D eigenvalue weighted by Gasteiger charge is -2.27. The van der Waals surface area contributed by atoms with Crippen LogP contribution in [-0.2, 0) is 17.3 Å². The van der Waals surface area contributed by atoms with Gasteiger partial charge in [-0.2, -0.15) is 0 Å². The molecule has 130 valence electrons. The molecule has 0 atom stereocenters. The van der Waals surface area contributed by atoms with Crippen LogP contribution in [0.5, 0.6) is 0 Å². The lowest BCUT2D eigenvalue weighted by atomic mass is 9.77. The Morgan fingerprint density at radius 1 is 0.792 bits per heavy atom. The van der Waals surface area contributed by atoms with E-state index >= 15 is 0 Å². The Kier molecular flexibility index (Phi) is 4.80. The molecule has 2 rings (SSSR count). The van der Waals surface area contributed by atoms with Crippen molar-refractivity contribution in [3.8, 4) is 0 Å². The molecule has 0 saturated carbocycles. The molecule has 0 N–H and O–H groups in total. The van der Waals surface area contributed by atoms with Crippen LogP contribution in [0.2, 0.25) is 0 Å². The zero-order valence-electron chi connectivity index (χ0n) is 14.6. The van der Waals surface area contributed by atoms with Gasteiger partial charge in [-0.15, -0.1) is 0 Å². The van der Waals surface area contributed by atoms with Crippen LogP contribution in [-0.4, -0.2) is 0 Å². The molecule has 0 heterocycles. The van der Waals surface area contributed by atoms with Crippen molar-refractivity contribution < 1.29 is 17.6 Å². The lowest BCUT2D eigenvalue weighted by Crippen LogP contribution is -2.24. The molecular formula is C20H22F4. The van der Waals surface area contributed by atoms with Crippen molar-refractivity contribution in [2.75, 3.05) is 0 Å². The molecule has 4 heteroatoms. The van der Waals surface area contributed by atoms with Gasteiger partial charge in [0, 0.05) is 5.56 Å². The molecule has 0 aliphatic carbocycles. The van der Waals surface area contributed by atoms with E-state index in [-0.39, 0.29) is 23.0 Å². The summed E-state index contributed by atoms with van der Waals surface area (Å²) >= 11 is 0. The van der Waals surface area contributed by atoms with Crippen LogP contribution in [0, 0.1) is 23.3 Å². The van der Waals surface area contributed by atoms with Gasteiger partial charge in [0.15, 0.2) is 11.6 Å². The molecule has 0 aliphatic heterocycles. The molecule has 24 heavy (non-hydrogen) atoms. The van der Waals surface area contributed by atoms with Crippen molar-refractivity contribution in [1.82, 2.24) is 0 Å². The van der Waals surface area contributed by atoms with E-state index in [0.29, 0.717) is 5.56 Å². The van der Waals surface area contributed by atoms with Crippen LogP contribution < -0.4 is 0 Å². The van der Waals surface area contributed by atoms with Crippen LogP contribution in [0.1, 0.15) is 51.3 Å². The number of benzene rings is 2. The van der Waals surface area contributed by atoms with E-state index in [2.05, 4.69) is 0 Å². The normalized spacial score (nSPS) is 12.5. The third-order valence-corrected chi connectivity index (χ3v) is 4.31. The molecule has 0 aromatic heterocycles. The van der Waals surface area contributed by atoms with E-state index in [1.807, 2.05) is 20.8 Å². The van der Waals surface area contributed by atoms with E-state index in [1.54, 1.807) is 13.8 Å². The van der Waals surface area contributed by atoms with Gasteiger partial charge in [-0.05, 0) is 46.6 Å². The molecule has 2 aromatic carbocycles. The summed E-state index contributed by atoms with van der Waals surface area (Å²) in [5, 5.41) is 0. The highest BCUT2D eigenvalue weighted by Gasteiger charge is 2.29. The summed E-state index contributed by atoms with van der Waals surface area (Å²) in [4.78, 5) is 0. The Labute approximate surface area is 140 Å². The van der Waals surface area contributed by atoms with Crippen molar-refractivity contribution >= 4 is 0 Å². The van der Waals surface area contributed by atoms with Crippen molar-refractivity contribution in [2.24, 2.45) is 0 Å². The summed E-state index contributed by atoms with van der Waals surface area (Å²) in [5.74, 6) is -3.27. The molecule has 0 fully saturated rings. The lowest BCUT2D eigenvalue weighted by molar-refractivity contribution is 0.429. The van der Waals surface area contributed by atoms with E-state index in [0.717, 1.165) is 6.07 Å². The maximum atomic E-state index is 14.5. The number of rotatable bonds is 3. The average Bonchev–Trinajstić information content (AvgIpc) is 2.44. The summed E-state index contributed by atoms with van der Waals surface area (Å²) in [6.07, 6.45) is -0.0739. The summed E-state index contributed by atoms with van der Waals surface area (Å²) in [6, 6.07) is 6.49. The van der Waals surface area contributed by atoms with Gasteiger partial charge in [-0.3, -0.25) is 0 Å². The fourth-order valence-electron chi connectivity index (χ4n) is 2.77.